The largest absolute Gasteiger partial charge is 0.322 e. The van der Waals surface area contributed by atoms with Crippen molar-refractivity contribution in [3.05, 3.63) is 108 Å². The van der Waals surface area contributed by atoms with E-state index in [1.807, 2.05) is 37.3 Å². The lowest BCUT2D eigenvalue weighted by molar-refractivity contribution is 0.102. The minimum Gasteiger partial charge on any atom is -0.322 e. The number of carbonyl (C=O) groups excluding carboxylic acids is 1. The summed E-state index contributed by atoms with van der Waals surface area (Å²) in [5.74, 6) is -2.11. The maximum atomic E-state index is 14.4. The first-order valence-corrected chi connectivity index (χ1v) is 10.7. The molecule has 7 heteroatoms. The van der Waals surface area contributed by atoms with Gasteiger partial charge in [0.05, 0.1) is 28.7 Å². The second-order valence-electron chi connectivity index (χ2n) is 8.04. The highest BCUT2D eigenvalue weighted by Crippen LogP contribution is 2.31. The van der Waals surface area contributed by atoms with Gasteiger partial charge in [-0.15, -0.1) is 0 Å². The third kappa shape index (κ3) is 3.81. The number of hydrogen-bond acceptors (Lipinski definition) is 3. The van der Waals surface area contributed by atoms with E-state index in [1.165, 1.54) is 18.3 Å². The van der Waals surface area contributed by atoms with Gasteiger partial charge in [-0.25, -0.2) is 13.3 Å². The van der Waals surface area contributed by atoms with Gasteiger partial charge in [0.1, 0.15) is 0 Å². The molecule has 0 aliphatic carbocycles. The van der Waals surface area contributed by atoms with Crippen molar-refractivity contribution in [2.45, 2.75) is 13.8 Å². The molecule has 1 N–H and O–H groups in total. The van der Waals surface area contributed by atoms with Crippen LogP contribution in [0.5, 0.6) is 0 Å². The van der Waals surface area contributed by atoms with Gasteiger partial charge in [0.15, 0.2) is 11.6 Å². The fourth-order valence-corrected chi connectivity index (χ4v) is 3.89. The average molecular weight is 454 g/mol. The summed E-state index contributed by atoms with van der Waals surface area (Å²) in [6.07, 6.45) is 3.17. The molecular formula is C27H20F2N4O. The van der Waals surface area contributed by atoms with Crippen molar-refractivity contribution in [1.82, 2.24) is 14.6 Å². The van der Waals surface area contributed by atoms with Crippen molar-refractivity contribution in [3.63, 3.8) is 0 Å². The van der Waals surface area contributed by atoms with E-state index in [0.717, 1.165) is 11.6 Å². The molecule has 0 bridgehead atoms. The first-order chi connectivity index (χ1) is 16.4. The summed E-state index contributed by atoms with van der Waals surface area (Å²) in [7, 11) is 0. The Bertz CT molecular complexity index is 1540. The van der Waals surface area contributed by atoms with Gasteiger partial charge in [0.25, 0.3) is 5.91 Å². The molecule has 0 aliphatic rings. The zero-order valence-corrected chi connectivity index (χ0v) is 18.5. The second kappa shape index (κ2) is 8.51. The van der Waals surface area contributed by atoms with Gasteiger partial charge in [-0.05, 0) is 50.2 Å². The molecular weight excluding hydrogens is 434 g/mol. The normalized spacial score (nSPS) is 11.1. The van der Waals surface area contributed by atoms with Gasteiger partial charge in [-0.3, -0.25) is 9.78 Å². The van der Waals surface area contributed by atoms with E-state index in [9.17, 15) is 13.6 Å². The topological polar surface area (TPSA) is 59.3 Å². The predicted molar refractivity (Wildman–Crippen MR) is 128 cm³/mol. The van der Waals surface area contributed by atoms with Crippen LogP contribution in [-0.2, 0) is 0 Å². The molecule has 0 radical (unpaired) electrons. The van der Waals surface area contributed by atoms with E-state index in [1.54, 1.807) is 35.8 Å². The van der Waals surface area contributed by atoms with Crippen molar-refractivity contribution in [3.8, 4) is 22.4 Å². The number of nitrogens with zero attached hydrogens (tertiary/aromatic N) is 3. The maximum absolute atomic E-state index is 14.4. The number of anilines is 1. The van der Waals surface area contributed by atoms with Crippen molar-refractivity contribution in [2.75, 3.05) is 5.32 Å². The van der Waals surface area contributed by atoms with E-state index in [0.29, 0.717) is 39.3 Å². The number of benzene rings is 2. The molecule has 168 valence electrons. The maximum Gasteiger partial charge on any atom is 0.257 e. The molecule has 0 atom stereocenters. The zero-order chi connectivity index (χ0) is 23.8. The SMILES string of the molecule is Cc1ccc(NC(=O)c2cc(-c3cccc4c(-c5cccc(F)c5F)cnn34)cnc2C)cc1. The van der Waals surface area contributed by atoms with Crippen LogP contribution in [0.15, 0.2) is 79.1 Å². The lowest BCUT2D eigenvalue weighted by atomic mass is 10.0. The van der Waals surface area contributed by atoms with Crippen LogP contribution in [0.1, 0.15) is 21.6 Å². The smallest absolute Gasteiger partial charge is 0.257 e. The third-order valence-corrected chi connectivity index (χ3v) is 5.72. The molecule has 5 rings (SSSR count). The van der Waals surface area contributed by atoms with Gasteiger partial charge in [-0.2, -0.15) is 5.10 Å². The van der Waals surface area contributed by atoms with Crippen LogP contribution < -0.4 is 5.32 Å². The highest BCUT2D eigenvalue weighted by atomic mass is 19.2. The minimum atomic E-state index is -0.921. The number of fused-ring (bicyclic) bond motifs is 1. The molecule has 0 fully saturated rings. The van der Waals surface area contributed by atoms with Crippen LogP contribution in [0.2, 0.25) is 0 Å². The summed E-state index contributed by atoms with van der Waals surface area (Å²) in [6.45, 7) is 3.75. The Morgan fingerprint density at radius 1 is 0.912 bits per heavy atom. The Kier molecular flexibility index (Phi) is 5.37. The van der Waals surface area contributed by atoms with Gasteiger partial charge in [-0.1, -0.05) is 35.9 Å². The molecule has 3 aromatic heterocycles. The predicted octanol–water partition coefficient (Wildman–Crippen LogP) is 6.21. The van der Waals surface area contributed by atoms with Gasteiger partial charge < -0.3 is 5.32 Å². The number of nitrogens with one attached hydrogen (secondary N) is 1. The fraction of sp³-hybridized carbons (Fsp3) is 0.0741. The van der Waals surface area contributed by atoms with Crippen LogP contribution in [0.25, 0.3) is 27.9 Å². The Morgan fingerprint density at radius 3 is 2.47 bits per heavy atom. The van der Waals surface area contributed by atoms with Crippen LogP contribution >= 0.6 is 0 Å². The van der Waals surface area contributed by atoms with Crippen LogP contribution in [0.3, 0.4) is 0 Å². The molecule has 0 saturated heterocycles. The summed E-state index contributed by atoms with van der Waals surface area (Å²) >= 11 is 0. The van der Waals surface area contributed by atoms with E-state index >= 15 is 0 Å². The lowest BCUT2D eigenvalue weighted by Gasteiger charge is -2.11. The number of rotatable bonds is 4. The molecule has 2 aromatic carbocycles. The first kappa shape index (κ1) is 21.5. The molecule has 5 aromatic rings. The van der Waals surface area contributed by atoms with E-state index in [4.69, 9.17) is 0 Å². The Labute approximate surface area is 194 Å². The molecule has 1 amide bonds. The quantitative estimate of drug-likeness (QED) is 0.351. The van der Waals surface area contributed by atoms with Crippen molar-refractivity contribution in [2.24, 2.45) is 0 Å². The lowest BCUT2D eigenvalue weighted by Crippen LogP contribution is -2.14. The number of pyridine rings is 2. The molecule has 0 saturated carbocycles. The average Bonchev–Trinajstić information content (AvgIpc) is 3.27. The summed E-state index contributed by atoms with van der Waals surface area (Å²) in [5, 5.41) is 7.31. The Hall–Kier alpha value is -4.39. The van der Waals surface area contributed by atoms with Crippen molar-refractivity contribution < 1.29 is 13.6 Å². The number of halogens is 2. The Morgan fingerprint density at radius 2 is 1.68 bits per heavy atom. The van der Waals surface area contributed by atoms with Gasteiger partial charge in [0, 0.05) is 28.6 Å². The number of hydrogen-bond donors (Lipinski definition) is 1. The van der Waals surface area contributed by atoms with Gasteiger partial charge in [0.2, 0.25) is 0 Å². The minimum absolute atomic E-state index is 0.132. The van der Waals surface area contributed by atoms with Crippen molar-refractivity contribution in [1.29, 1.82) is 0 Å². The summed E-state index contributed by atoms with van der Waals surface area (Å²) in [4.78, 5) is 17.4. The number of aryl methyl sites for hydroxylation is 2. The second-order valence-corrected chi connectivity index (χ2v) is 8.04. The van der Waals surface area contributed by atoms with Crippen LogP contribution in [0.4, 0.5) is 14.5 Å². The number of carbonyl (C=O) groups is 1. The van der Waals surface area contributed by atoms with Gasteiger partial charge >= 0.3 is 0 Å². The number of amides is 1. The molecule has 5 nitrogen and oxygen atoms in total. The molecule has 0 aliphatic heterocycles. The van der Waals surface area contributed by atoms with Crippen LogP contribution in [-0.4, -0.2) is 20.5 Å². The van der Waals surface area contributed by atoms with E-state index in [-0.39, 0.29) is 11.5 Å². The zero-order valence-electron chi connectivity index (χ0n) is 18.5. The summed E-state index contributed by atoms with van der Waals surface area (Å²) < 4.78 is 29.9. The first-order valence-electron chi connectivity index (χ1n) is 10.7. The summed E-state index contributed by atoms with van der Waals surface area (Å²) in [6, 6.07) is 18.8. The molecule has 34 heavy (non-hydrogen) atoms. The van der Waals surface area contributed by atoms with Crippen molar-refractivity contribution >= 4 is 17.1 Å². The monoisotopic (exact) mass is 454 g/mol. The van der Waals surface area contributed by atoms with E-state index < -0.39 is 11.6 Å². The fourth-order valence-electron chi connectivity index (χ4n) is 3.89. The molecule has 3 heterocycles. The Balaban J connectivity index is 1.55. The standard InChI is InChI=1S/C27H20F2N4O/c1-16-9-11-19(12-10-16)32-27(34)21-13-18(14-30-17(21)2)24-7-4-8-25-22(15-31-33(24)25)20-5-3-6-23(28)26(20)29/h3-15H,1-2H3,(H,32,34). The molecule has 0 spiro atoms. The highest BCUT2D eigenvalue weighted by molar-refractivity contribution is 6.05. The molecule has 0 unspecified atom stereocenters. The number of aromatic nitrogens is 3. The summed E-state index contributed by atoms with van der Waals surface area (Å²) in [5.41, 5.74) is 5.34. The van der Waals surface area contributed by atoms with E-state index in [2.05, 4.69) is 15.4 Å². The van der Waals surface area contributed by atoms with Crippen LogP contribution in [0, 0.1) is 25.5 Å². The highest BCUT2D eigenvalue weighted by Gasteiger charge is 2.17. The third-order valence-electron chi connectivity index (χ3n) is 5.72.